The van der Waals surface area contributed by atoms with Crippen LogP contribution in [-0.2, 0) is 9.53 Å². The van der Waals surface area contributed by atoms with Crippen LogP contribution in [0, 0.1) is 0 Å². The van der Waals surface area contributed by atoms with Gasteiger partial charge in [0.25, 0.3) is 0 Å². The summed E-state index contributed by atoms with van der Waals surface area (Å²) in [5.41, 5.74) is 0.910. The molecule has 0 saturated heterocycles. The number of thioether (sulfide) groups is 1. The third kappa shape index (κ3) is 4.79. The quantitative estimate of drug-likeness (QED) is 0.626. The Balaban J connectivity index is 2.48. The zero-order chi connectivity index (χ0) is 12.7. The Morgan fingerprint density at radius 2 is 2.00 bits per heavy atom. The molecule has 0 heterocycles. The Morgan fingerprint density at radius 1 is 1.35 bits per heavy atom. The van der Waals surface area contributed by atoms with Gasteiger partial charge in [0.15, 0.2) is 0 Å². The van der Waals surface area contributed by atoms with Crippen molar-refractivity contribution in [3.63, 3.8) is 0 Å². The normalized spacial score (nSPS) is 12.2. The summed E-state index contributed by atoms with van der Waals surface area (Å²) < 4.78 is 4.84. The van der Waals surface area contributed by atoms with E-state index in [1.165, 1.54) is 11.8 Å². The van der Waals surface area contributed by atoms with E-state index in [4.69, 9.17) is 4.74 Å². The molecule has 1 N–H and O–H groups in total. The second-order valence-electron chi connectivity index (χ2n) is 3.59. The van der Waals surface area contributed by atoms with Gasteiger partial charge in [-0.15, -0.1) is 11.8 Å². The molecule has 0 fully saturated rings. The first kappa shape index (κ1) is 14.1. The van der Waals surface area contributed by atoms with Crippen molar-refractivity contribution in [3.8, 4) is 0 Å². The minimum absolute atomic E-state index is 0.199. The van der Waals surface area contributed by atoms with Gasteiger partial charge in [-0.3, -0.25) is 4.79 Å². The van der Waals surface area contributed by atoms with Crippen molar-refractivity contribution in [2.45, 2.75) is 31.3 Å². The lowest BCUT2D eigenvalue weighted by atomic mass is 10.1. The third-order valence-electron chi connectivity index (χ3n) is 2.31. The maximum Gasteiger partial charge on any atom is 0.316 e. The Bertz CT molecular complexity index is 348. The number of rotatable bonds is 6. The van der Waals surface area contributed by atoms with Gasteiger partial charge in [-0.25, -0.2) is 0 Å². The highest BCUT2D eigenvalue weighted by Gasteiger charge is 2.06. The molecule has 0 bridgehead atoms. The van der Waals surface area contributed by atoms with Gasteiger partial charge in [-0.2, -0.15) is 0 Å². The van der Waals surface area contributed by atoms with Gasteiger partial charge in [0.05, 0.1) is 18.5 Å². The summed E-state index contributed by atoms with van der Waals surface area (Å²) in [5, 5.41) is 9.63. The Labute approximate surface area is 106 Å². The van der Waals surface area contributed by atoms with Crippen LogP contribution in [0.15, 0.2) is 29.2 Å². The maximum absolute atomic E-state index is 11.2. The minimum atomic E-state index is -0.404. The molecule has 0 aliphatic rings. The van der Waals surface area contributed by atoms with Gasteiger partial charge in [-0.05, 0) is 31.0 Å². The van der Waals surface area contributed by atoms with Crippen LogP contribution < -0.4 is 0 Å². The summed E-state index contributed by atoms with van der Waals surface area (Å²) in [4.78, 5) is 12.2. The number of aliphatic hydroxyl groups excluding tert-OH is 1. The molecule has 0 spiro atoms. The van der Waals surface area contributed by atoms with Crippen molar-refractivity contribution in [3.05, 3.63) is 29.8 Å². The first-order valence-electron chi connectivity index (χ1n) is 5.73. The van der Waals surface area contributed by atoms with E-state index in [9.17, 15) is 9.90 Å². The third-order valence-corrected chi connectivity index (χ3v) is 3.30. The Kier molecular flexibility index (Phi) is 6.08. The molecule has 1 aromatic rings. The van der Waals surface area contributed by atoms with Crippen LogP contribution in [0.2, 0.25) is 0 Å². The van der Waals surface area contributed by atoms with Crippen molar-refractivity contribution in [2.75, 3.05) is 12.4 Å². The van der Waals surface area contributed by atoms with Crippen molar-refractivity contribution < 1.29 is 14.6 Å². The highest BCUT2D eigenvalue weighted by atomic mass is 32.2. The first-order valence-corrected chi connectivity index (χ1v) is 6.72. The van der Waals surface area contributed by atoms with Gasteiger partial charge in [0, 0.05) is 4.90 Å². The second kappa shape index (κ2) is 7.35. The van der Waals surface area contributed by atoms with Crippen LogP contribution in [0.25, 0.3) is 0 Å². The predicted octanol–water partition coefficient (Wildman–Crippen LogP) is 2.79. The number of carbonyl (C=O) groups is 1. The molecule has 0 aliphatic heterocycles. The summed E-state index contributed by atoms with van der Waals surface area (Å²) >= 11 is 1.44. The molecule has 4 heteroatoms. The molecule has 1 aromatic carbocycles. The van der Waals surface area contributed by atoms with Crippen LogP contribution in [0.4, 0.5) is 0 Å². The van der Waals surface area contributed by atoms with Crippen molar-refractivity contribution >= 4 is 17.7 Å². The van der Waals surface area contributed by atoms with Gasteiger partial charge < -0.3 is 9.84 Å². The molecule has 0 unspecified atom stereocenters. The van der Waals surface area contributed by atoms with Crippen LogP contribution in [0.3, 0.4) is 0 Å². The van der Waals surface area contributed by atoms with Crippen LogP contribution in [0.1, 0.15) is 31.9 Å². The molecule has 3 nitrogen and oxygen atoms in total. The SMILES string of the molecule is CCOC(=O)CSc1ccc([C@@H](O)CC)cc1. The number of benzene rings is 1. The molecular weight excluding hydrogens is 236 g/mol. The van der Waals surface area contributed by atoms with Gasteiger partial charge in [-0.1, -0.05) is 19.1 Å². The topological polar surface area (TPSA) is 46.5 Å². The molecule has 0 aromatic heterocycles. The fourth-order valence-electron chi connectivity index (χ4n) is 1.37. The van der Waals surface area contributed by atoms with Gasteiger partial charge in [0.2, 0.25) is 0 Å². The smallest absolute Gasteiger partial charge is 0.316 e. The van der Waals surface area contributed by atoms with E-state index in [-0.39, 0.29) is 5.97 Å². The number of carbonyl (C=O) groups excluding carboxylic acids is 1. The number of esters is 1. The zero-order valence-corrected chi connectivity index (χ0v) is 11.0. The lowest BCUT2D eigenvalue weighted by Gasteiger charge is -2.08. The highest BCUT2D eigenvalue weighted by Crippen LogP contribution is 2.22. The highest BCUT2D eigenvalue weighted by molar-refractivity contribution is 8.00. The average Bonchev–Trinajstić information content (AvgIpc) is 2.36. The standard InChI is InChI=1S/C13H18O3S/c1-3-12(14)10-5-7-11(8-6-10)17-9-13(15)16-4-2/h5-8,12,14H,3-4,9H2,1-2H3/t12-/m0/s1. The molecule has 17 heavy (non-hydrogen) atoms. The van der Waals surface area contributed by atoms with Crippen LogP contribution in [0.5, 0.6) is 0 Å². The maximum atomic E-state index is 11.2. The summed E-state index contributed by atoms with van der Waals surface area (Å²) in [6, 6.07) is 7.61. The lowest BCUT2D eigenvalue weighted by Crippen LogP contribution is -2.06. The van der Waals surface area contributed by atoms with Crippen LogP contribution in [-0.4, -0.2) is 23.4 Å². The van der Waals surface area contributed by atoms with Gasteiger partial charge >= 0.3 is 5.97 Å². The lowest BCUT2D eigenvalue weighted by molar-refractivity contribution is -0.139. The average molecular weight is 254 g/mol. The fourth-order valence-corrected chi connectivity index (χ4v) is 2.06. The second-order valence-corrected chi connectivity index (χ2v) is 4.64. The Morgan fingerprint density at radius 3 is 2.53 bits per heavy atom. The van der Waals surface area contributed by atoms with E-state index in [2.05, 4.69) is 0 Å². The minimum Gasteiger partial charge on any atom is -0.465 e. The molecule has 0 amide bonds. The fraction of sp³-hybridized carbons (Fsp3) is 0.462. The molecule has 1 atom stereocenters. The van der Waals surface area contributed by atoms with E-state index in [1.54, 1.807) is 6.92 Å². The van der Waals surface area contributed by atoms with E-state index in [0.29, 0.717) is 18.8 Å². The first-order chi connectivity index (χ1) is 8.17. The monoisotopic (exact) mass is 254 g/mol. The van der Waals surface area contributed by atoms with E-state index in [0.717, 1.165) is 10.5 Å². The van der Waals surface area contributed by atoms with Crippen molar-refractivity contribution in [1.29, 1.82) is 0 Å². The number of ether oxygens (including phenoxy) is 1. The molecule has 94 valence electrons. The largest absolute Gasteiger partial charge is 0.465 e. The summed E-state index contributed by atoms with van der Waals surface area (Å²) in [5.74, 6) is 0.124. The summed E-state index contributed by atoms with van der Waals surface area (Å²) in [6.45, 7) is 4.15. The molecule has 0 aliphatic carbocycles. The van der Waals surface area contributed by atoms with Crippen molar-refractivity contribution in [1.82, 2.24) is 0 Å². The van der Waals surface area contributed by atoms with E-state index in [1.807, 2.05) is 31.2 Å². The molecule has 1 rings (SSSR count). The number of hydrogen-bond donors (Lipinski definition) is 1. The molecular formula is C13H18O3S. The zero-order valence-electron chi connectivity index (χ0n) is 10.2. The van der Waals surface area contributed by atoms with E-state index < -0.39 is 6.10 Å². The number of aliphatic hydroxyl groups is 1. The number of hydrogen-bond acceptors (Lipinski definition) is 4. The van der Waals surface area contributed by atoms with Gasteiger partial charge in [0.1, 0.15) is 0 Å². The van der Waals surface area contributed by atoms with Crippen LogP contribution >= 0.6 is 11.8 Å². The predicted molar refractivity (Wildman–Crippen MR) is 69.0 cm³/mol. The van der Waals surface area contributed by atoms with E-state index >= 15 is 0 Å². The molecule has 0 saturated carbocycles. The summed E-state index contributed by atoms with van der Waals surface area (Å²) in [7, 11) is 0. The molecule has 0 radical (unpaired) electrons. The Hall–Kier alpha value is -1.00. The van der Waals surface area contributed by atoms with Crippen molar-refractivity contribution in [2.24, 2.45) is 0 Å². The summed E-state index contributed by atoms with van der Waals surface area (Å²) in [6.07, 6.45) is 0.300.